The zero-order valence-corrected chi connectivity index (χ0v) is 12.4. The van der Waals surface area contributed by atoms with E-state index >= 15 is 0 Å². The van der Waals surface area contributed by atoms with Gasteiger partial charge in [0.05, 0.1) is 0 Å². The number of hydrogen-bond donors (Lipinski definition) is 5. The van der Waals surface area contributed by atoms with Crippen LogP contribution in [0.2, 0.25) is 0 Å². The summed E-state index contributed by atoms with van der Waals surface area (Å²) in [6.07, 6.45) is 3.50. The summed E-state index contributed by atoms with van der Waals surface area (Å²) >= 11 is 0. The zero-order valence-electron chi connectivity index (χ0n) is 8.36. The van der Waals surface area contributed by atoms with Gasteiger partial charge in [0.2, 0.25) is 0 Å². The first-order valence-electron chi connectivity index (χ1n) is 1.85. The van der Waals surface area contributed by atoms with E-state index in [1.54, 1.807) is 12.4 Å². The predicted molar refractivity (Wildman–Crippen MR) is 49.3 cm³/mol. The van der Waals surface area contributed by atoms with E-state index in [0.717, 1.165) is 0 Å². The van der Waals surface area contributed by atoms with Crippen LogP contribution in [0.15, 0.2) is 30.6 Å². The quantitative estimate of drug-likeness (QED) is 0.282. The second kappa shape index (κ2) is 62.9. The minimum Gasteiger partial charge on any atom is -1.00 e. The molecule has 0 fully saturated rings. The molecule has 1 rings (SSSR count). The molecular weight excluding hydrogens is 352 g/mol. The molecule has 99 valence electrons. The maximum absolute atomic E-state index is 3.78. The molecule has 0 bridgehead atoms. The largest absolute Gasteiger partial charge is 3.00 e. The normalized spacial score (nSPS) is 3.20. The third kappa shape index (κ3) is 53.9. The molecule has 1 radical (unpaired) electrons. The van der Waals surface area contributed by atoms with Crippen LogP contribution in [-0.4, -0.2) is 4.98 Å². The Hall–Kier alpha value is 0.443. The molecule has 1 aromatic heterocycles. The van der Waals surface area contributed by atoms with Gasteiger partial charge in [-0.2, -0.15) is 0 Å². The van der Waals surface area contributed by atoms with Gasteiger partial charge in [0.15, 0.2) is 0 Å². The number of hydrogen-bond acceptors (Lipinski definition) is 6. The van der Waals surface area contributed by atoms with Crippen molar-refractivity contribution in [3.05, 3.63) is 30.6 Å². The average molecular weight is 372 g/mol. The number of nitrogens with zero attached hydrogens (tertiary/aromatic N) is 1. The Labute approximate surface area is 123 Å². The van der Waals surface area contributed by atoms with Gasteiger partial charge in [0, 0.05) is 12.4 Å². The third-order valence-electron chi connectivity index (χ3n) is 0.566. The van der Waals surface area contributed by atoms with Crippen LogP contribution < -0.4 is 68.0 Å². The molecule has 15 N–H and O–H groups in total. The van der Waals surface area contributed by atoms with Gasteiger partial charge in [0.1, 0.15) is 0 Å². The molecule has 0 unspecified atom stereocenters. The maximum atomic E-state index is 3.78. The average Bonchev–Trinajstić information content (AvgIpc) is 1.72. The topological polar surface area (TPSA) is 188 Å². The molecule has 10 heteroatoms. The van der Waals surface area contributed by atoms with Crippen LogP contribution in [0.3, 0.4) is 0 Å². The summed E-state index contributed by atoms with van der Waals surface area (Å²) in [6.45, 7) is 0. The van der Waals surface area contributed by atoms with E-state index in [-0.39, 0.29) is 87.5 Å². The van der Waals surface area contributed by atoms with Crippen molar-refractivity contribution < 1.29 is 56.7 Å². The van der Waals surface area contributed by atoms with Crippen molar-refractivity contribution >= 4 is 0 Å². The molecular formula is C5H20Cl3N6Ru. The van der Waals surface area contributed by atoms with Gasteiger partial charge < -0.3 is 68.0 Å². The van der Waals surface area contributed by atoms with Gasteiger partial charge in [-0.25, -0.2) is 0 Å². The standard InChI is InChI=1S/C5H5N.3ClH.5H3N.Ru/c1-2-4-6-5-3-1;;;;;;;;;/h1-5H;3*1H;5*1H3;/q;;;;;;;;;+3/p-3. The van der Waals surface area contributed by atoms with Crippen molar-refractivity contribution in [2.75, 3.05) is 0 Å². The van der Waals surface area contributed by atoms with Crippen LogP contribution in [-0.2, 0) is 19.5 Å². The van der Waals surface area contributed by atoms with Gasteiger partial charge in [0.25, 0.3) is 0 Å². The first kappa shape index (κ1) is 77.6. The van der Waals surface area contributed by atoms with Crippen molar-refractivity contribution in [2.45, 2.75) is 0 Å². The number of halogens is 3. The molecule has 6 nitrogen and oxygen atoms in total. The summed E-state index contributed by atoms with van der Waals surface area (Å²) < 4.78 is 0. The number of pyridine rings is 1. The van der Waals surface area contributed by atoms with E-state index in [4.69, 9.17) is 0 Å². The SMILES string of the molecule is N.N.N.N.N.[Cl-].[Cl-].[Cl-].[Ru+3].c1ccncc1. The Kier molecular flexibility index (Phi) is 325. The third-order valence-corrected chi connectivity index (χ3v) is 0.566. The summed E-state index contributed by atoms with van der Waals surface area (Å²) in [7, 11) is 0. The Morgan fingerprint density at radius 1 is 0.533 bits per heavy atom. The van der Waals surface area contributed by atoms with E-state index in [1.165, 1.54) is 0 Å². The molecule has 0 amide bonds. The first-order valence-corrected chi connectivity index (χ1v) is 1.85. The Morgan fingerprint density at radius 3 is 0.867 bits per heavy atom. The van der Waals surface area contributed by atoms with Gasteiger partial charge >= 0.3 is 19.5 Å². The van der Waals surface area contributed by atoms with E-state index in [0.29, 0.717) is 0 Å². The maximum Gasteiger partial charge on any atom is 3.00 e. The second-order valence-corrected chi connectivity index (χ2v) is 1.02. The van der Waals surface area contributed by atoms with E-state index in [9.17, 15) is 0 Å². The molecule has 0 aliphatic carbocycles. The van der Waals surface area contributed by atoms with Gasteiger partial charge in [-0.1, -0.05) is 6.07 Å². The van der Waals surface area contributed by atoms with Crippen LogP contribution in [0.5, 0.6) is 0 Å². The van der Waals surface area contributed by atoms with Crippen LogP contribution in [0.25, 0.3) is 0 Å². The van der Waals surface area contributed by atoms with Gasteiger partial charge in [-0.3, -0.25) is 4.98 Å². The van der Waals surface area contributed by atoms with Crippen molar-refractivity contribution in [3.8, 4) is 0 Å². The number of aromatic nitrogens is 1. The van der Waals surface area contributed by atoms with E-state index in [2.05, 4.69) is 4.98 Å². The predicted octanol–water partition coefficient (Wildman–Crippen LogP) is -7.10. The second-order valence-electron chi connectivity index (χ2n) is 1.02. The Bertz CT molecular complexity index is 98.7. The molecule has 0 atom stereocenters. The molecule has 0 saturated carbocycles. The molecule has 15 heavy (non-hydrogen) atoms. The molecule has 0 spiro atoms. The fourth-order valence-electron chi connectivity index (χ4n) is 0.313. The van der Waals surface area contributed by atoms with Crippen LogP contribution in [0.1, 0.15) is 0 Å². The molecule has 0 aliphatic heterocycles. The minimum absolute atomic E-state index is 0. The fourth-order valence-corrected chi connectivity index (χ4v) is 0.313. The fraction of sp³-hybridized carbons (Fsp3) is 0. The zero-order chi connectivity index (χ0) is 4.24. The van der Waals surface area contributed by atoms with E-state index < -0.39 is 0 Å². The monoisotopic (exact) mass is 371 g/mol. The van der Waals surface area contributed by atoms with Gasteiger partial charge in [-0.05, 0) is 12.1 Å². The summed E-state index contributed by atoms with van der Waals surface area (Å²) in [4.78, 5) is 3.78. The van der Waals surface area contributed by atoms with Crippen molar-refractivity contribution in [2.24, 2.45) is 0 Å². The minimum atomic E-state index is 0. The first-order chi connectivity index (χ1) is 3.00. The molecule has 1 heterocycles. The van der Waals surface area contributed by atoms with Crippen molar-refractivity contribution in [3.63, 3.8) is 0 Å². The molecule has 0 aliphatic rings. The Morgan fingerprint density at radius 2 is 0.800 bits per heavy atom. The van der Waals surface area contributed by atoms with Crippen LogP contribution in [0.4, 0.5) is 0 Å². The van der Waals surface area contributed by atoms with Crippen LogP contribution >= 0.6 is 0 Å². The number of rotatable bonds is 0. The summed E-state index contributed by atoms with van der Waals surface area (Å²) in [5.74, 6) is 0. The molecule has 0 saturated heterocycles. The molecule has 0 aromatic carbocycles. The van der Waals surface area contributed by atoms with Crippen LogP contribution in [0, 0.1) is 0 Å². The summed E-state index contributed by atoms with van der Waals surface area (Å²) in [5, 5.41) is 0. The Balaban J connectivity index is -0.00000000571. The van der Waals surface area contributed by atoms with E-state index in [1.807, 2.05) is 18.2 Å². The van der Waals surface area contributed by atoms with Crippen molar-refractivity contribution in [1.29, 1.82) is 0 Å². The molecule has 1 aromatic rings. The van der Waals surface area contributed by atoms with Gasteiger partial charge in [-0.15, -0.1) is 0 Å². The smallest absolute Gasteiger partial charge is 1.00 e. The van der Waals surface area contributed by atoms with Crippen molar-refractivity contribution in [1.82, 2.24) is 35.7 Å². The summed E-state index contributed by atoms with van der Waals surface area (Å²) in [5.41, 5.74) is 0. The summed E-state index contributed by atoms with van der Waals surface area (Å²) in [6, 6.07) is 5.72.